The van der Waals surface area contributed by atoms with E-state index in [1.54, 1.807) is 0 Å². The first kappa shape index (κ1) is 21.6. The van der Waals surface area contributed by atoms with Crippen LogP contribution in [0.3, 0.4) is 0 Å². The van der Waals surface area contributed by atoms with Gasteiger partial charge in [-0.1, -0.05) is 61.7 Å². The molecule has 2 aromatic carbocycles. The number of phenols is 1. The molecule has 0 aliphatic heterocycles. The van der Waals surface area contributed by atoms with E-state index in [9.17, 15) is 9.90 Å². The van der Waals surface area contributed by atoms with E-state index in [-0.39, 0.29) is 17.9 Å². The van der Waals surface area contributed by atoms with Crippen molar-refractivity contribution in [3.05, 3.63) is 64.7 Å². The maximum atomic E-state index is 13.8. The van der Waals surface area contributed by atoms with Crippen molar-refractivity contribution < 1.29 is 9.90 Å². The number of aryl methyl sites for hydroxylation is 2. The first-order valence-electron chi connectivity index (χ1n) is 10.9. The third kappa shape index (κ3) is 5.08. The number of aromatic hydroxyl groups is 1. The lowest BCUT2D eigenvalue weighted by molar-refractivity contribution is -0.130. The number of phenolic OH excluding ortho intramolecular Hbond substituents is 1. The van der Waals surface area contributed by atoms with Crippen molar-refractivity contribution in [2.45, 2.75) is 58.4 Å². The first-order chi connectivity index (χ1) is 13.9. The average Bonchev–Trinajstić information content (AvgIpc) is 2.68. The van der Waals surface area contributed by atoms with Gasteiger partial charge in [0, 0.05) is 17.9 Å². The average molecular weight is 394 g/mol. The van der Waals surface area contributed by atoms with Crippen LogP contribution in [0, 0.1) is 25.7 Å². The predicted molar refractivity (Wildman–Crippen MR) is 119 cm³/mol. The summed E-state index contributed by atoms with van der Waals surface area (Å²) in [5.41, 5.74) is 4.18. The Hall–Kier alpha value is -2.13. The summed E-state index contributed by atoms with van der Waals surface area (Å²) in [5.74, 6) is 0.856. The summed E-state index contributed by atoms with van der Waals surface area (Å²) in [7, 11) is 4.18. The molecule has 1 saturated carbocycles. The van der Waals surface area contributed by atoms with Crippen LogP contribution in [0.5, 0.6) is 5.75 Å². The van der Waals surface area contributed by atoms with Gasteiger partial charge in [0.05, 0.1) is 0 Å². The number of benzene rings is 2. The normalized spacial score (nSPS) is 21.6. The van der Waals surface area contributed by atoms with E-state index in [0.29, 0.717) is 11.5 Å². The molecule has 1 aliphatic carbocycles. The molecule has 2 aromatic rings. The van der Waals surface area contributed by atoms with Gasteiger partial charge in [-0.3, -0.25) is 4.79 Å². The van der Waals surface area contributed by atoms with Gasteiger partial charge in [0.25, 0.3) is 0 Å². The van der Waals surface area contributed by atoms with Crippen LogP contribution in [-0.2, 0) is 11.2 Å². The molecule has 3 atom stereocenters. The highest BCUT2D eigenvalue weighted by atomic mass is 16.3. The van der Waals surface area contributed by atoms with Crippen molar-refractivity contribution in [2.75, 3.05) is 14.1 Å². The molecule has 3 heteroatoms. The molecular weight excluding hydrogens is 358 g/mol. The summed E-state index contributed by atoms with van der Waals surface area (Å²) in [4.78, 5) is 16.0. The molecule has 0 bridgehead atoms. The van der Waals surface area contributed by atoms with Crippen LogP contribution in [-0.4, -0.2) is 29.9 Å². The third-order valence-corrected chi connectivity index (χ3v) is 6.45. The van der Waals surface area contributed by atoms with Gasteiger partial charge < -0.3 is 10.0 Å². The Bertz CT molecular complexity index is 805. The van der Waals surface area contributed by atoms with Gasteiger partial charge in [0.15, 0.2) is 0 Å². The lowest BCUT2D eigenvalue weighted by atomic mass is 9.75. The zero-order chi connectivity index (χ0) is 21.0. The van der Waals surface area contributed by atoms with Crippen LogP contribution >= 0.6 is 0 Å². The fourth-order valence-electron chi connectivity index (χ4n) is 5.02. The maximum Gasteiger partial charge on any atom is 0.141 e. The molecule has 3 rings (SSSR count). The lowest BCUT2D eigenvalue weighted by Gasteiger charge is -2.35. The van der Waals surface area contributed by atoms with Crippen LogP contribution in [0.1, 0.15) is 60.4 Å². The van der Waals surface area contributed by atoms with Crippen molar-refractivity contribution >= 4 is 5.78 Å². The Morgan fingerprint density at radius 2 is 1.62 bits per heavy atom. The minimum atomic E-state index is 0.0250. The van der Waals surface area contributed by atoms with Crippen molar-refractivity contribution in [2.24, 2.45) is 11.8 Å². The molecule has 3 unspecified atom stereocenters. The number of Topliss-reactive ketones (excluding diaryl/α,β-unsaturated/α-hetero) is 1. The van der Waals surface area contributed by atoms with E-state index in [1.807, 2.05) is 32.0 Å². The summed E-state index contributed by atoms with van der Waals surface area (Å²) < 4.78 is 0. The number of carbonyl (C=O) groups is 1. The van der Waals surface area contributed by atoms with Gasteiger partial charge in [-0.2, -0.15) is 0 Å². The number of hydrogen-bond donors (Lipinski definition) is 1. The molecule has 3 nitrogen and oxygen atoms in total. The quantitative estimate of drug-likeness (QED) is 0.717. The number of hydrogen-bond acceptors (Lipinski definition) is 3. The highest BCUT2D eigenvalue weighted by molar-refractivity contribution is 5.84. The summed E-state index contributed by atoms with van der Waals surface area (Å²) in [6, 6.07) is 14.7. The van der Waals surface area contributed by atoms with Crippen LogP contribution in [0.4, 0.5) is 0 Å². The fraction of sp³-hybridized carbons (Fsp3) is 0.500. The molecule has 0 aromatic heterocycles. The molecule has 0 radical (unpaired) electrons. The molecule has 29 heavy (non-hydrogen) atoms. The molecule has 1 N–H and O–H groups in total. The Kier molecular flexibility index (Phi) is 7.13. The first-order valence-corrected chi connectivity index (χ1v) is 10.9. The number of nitrogens with zero attached hydrogens (tertiary/aromatic N) is 1. The predicted octanol–water partition coefficient (Wildman–Crippen LogP) is 5.62. The second-order valence-corrected chi connectivity index (χ2v) is 8.95. The summed E-state index contributed by atoms with van der Waals surface area (Å²) in [6.45, 7) is 3.87. The summed E-state index contributed by atoms with van der Waals surface area (Å²) in [6.07, 6.45) is 6.13. The third-order valence-electron chi connectivity index (χ3n) is 6.45. The maximum absolute atomic E-state index is 13.8. The largest absolute Gasteiger partial charge is 0.507 e. The van der Waals surface area contributed by atoms with Gasteiger partial charge in [-0.25, -0.2) is 0 Å². The Morgan fingerprint density at radius 1 is 1.00 bits per heavy atom. The molecule has 0 saturated heterocycles. The van der Waals surface area contributed by atoms with Gasteiger partial charge >= 0.3 is 0 Å². The SMILES string of the molecule is Cc1cc(CC2CCCCCC(C(c3ccccc3)N(C)C)C2=O)cc(C)c1O. The second kappa shape index (κ2) is 9.58. The van der Waals surface area contributed by atoms with E-state index in [1.165, 1.54) is 12.0 Å². The molecule has 1 aliphatic rings. The minimum absolute atomic E-state index is 0.0250. The molecule has 0 heterocycles. The smallest absolute Gasteiger partial charge is 0.141 e. The second-order valence-electron chi connectivity index (χ2n) is 8.95. The van der Waals surface area contributed by atoms with Crippen LogP contribution in [0.25, 0.3) is 0 Å². The van der Waals surface area contributed by atoms with Gasteiger partial charge in [0.2, 0.25) is 0 Å². The molecular formula is C26H35NO2. The summed E-state index contributed by atoms with van der Waals surface area (Å²) in [5, 5.41) is 10.1. The Morgan fingerprint density at radius 3 is 2.24 bits per heavy atom. The van der Waals surface area contributed by atoms with Crippen LogP contribution < -0.4 is 0 Å². The number of rotatable bonds is 5. The lowest BCUT2D eigenvalue weighted by Crippen LogP contribution is -2.37. The highest BCUT2D eigenvalue weighted by Gasteiger charge is 2.35. The van der Waals surface area contributed by atoms with Crippen molar-refractivity contribution in [3.8, 4) is 5.75 Å². The highest BCUT2D eigenvalue weighted by Crippen LogP contribution is 2.37. The van der Waals surface area contributed by atoms with Crippen molar-refractivity contribution in [1.82, 2.24) is 4.90 Å². The zero-order valence-corrected chi connectivity index (χ0v) is 18.3. The number of carbonyl (C=O) groups excluding carboxylic acids is 1. The van der Waals surface area contributed by atoms with E-state index in [4.69, 9.17) is 0 Å². The van der Waals surface area contributed by atoms with Crippen LogP contribution in [0.15, 0.2) is 42.5 Å². The van der Waals surface area contributed by atoms with Gasteiger partial charge in [-0.05, 0) is 69.5 Å². The molecule has 1 fully saturated rings. The Balaban J connectivity index is 1.89. The molecule has 0 spiro atoms. The van der Waals surface area contributed by atoms with Gasteiger partial charge in [-0.15, -0.1) is 0 Å². The molecule has 0 amide bonds. The summed E-state index contributed by atoms with van der Waals surface area (Å²) >= 11 is 0. The van der Waals surface area contributed by atoms with Crippen molar-refractivity contribution in [1.29, 1.82) is 0 Å². The van der Waals surface area contributed by atoms with Gasteiger partial charge in [0.1, 0.15) is 11.5 Å². The van der Waals surface area contributed by atoms with E-state index >= 15 is 0 Å². The topological polar surface area (TPSA) is 40.5 Å². The number of ketones is 1. The zero-order valence-electron chi connectivity index (χ0n) is 18.3. The Labute approximate surface area is 175 Å². The van der Waals surface area contributed by atoms with E-state index in [2.05, 4.69) is 43.3 Å². The fourth-order valence-corrected chi connectivity index (χ4v) is 5.02. The minimum Gasteiger partial charge on any atom is -0.507 e. The van der Waals surface area contributed by atoms with Crippen molar-refractivity contribution in [3.63, 3.8) is 0 Å². The van der Waals surface area contributed by atoms with E-state index in [0.717, 1.165) is 48.8 Å². The monoisotopic (exact) mass is 393 g/mol. The van der Waals surface area contributed by atoms with Crippen LogP contribution in [0.2, 0.25) is 0 Å². The molecule has 156 valence electrons. The van der Waals surface area contributed by atoms with E-state index < -0.39 is 0 Å². The standard InChI is InChI=1S/C26H35NO2/c1-18-15-20(16-19(2)25(18)28)17-22-13-9-6-10-14-23(26(22)29)24(27(3)4)21-11-7-5-8-12-21/h5,7-8,11-12,15-16,22-24,28H,6,9-10,13-14,17H2,1-4H3.